The van der Waals surface area contributed by atoms with Gasteiger partial charge in [0.2, 0.25) is 5.91 Å². The average molecular weight is 410 g/mol. The normalized spacial score (nSPS) is 23.0. The molecule has 1 saturated heterocycles. The van der Waals surface area contributed by atoms with Gasteiger partial charge in [0, 0.05) is 30.9 Å². The van der Waals surface area contributed by atoms with Crippen molar-refractivity contribution in [3.63, 3.8) is 0 Å². The summed E-state index contributed by atoms with van der Waals surface area (Å²) in [6.07, 6.45) is 5.98. The monoisotopic (exact) mass is 410 g/mol. The number of ether oxygens (including phenoxy) is 1. The van der Waals surface area contributed by atoms with Crippen LogP contribution >= 0.6 is 0 Å². The minimum Gasteiger partial charge on any atom is -0.449 e. The minimum absolute atomic E-state index is 0.152. The predicted molar refractivity (Wildman–Crippen MR) is 115 cm³/mol. The molecule has 3 aliphatic rings. The standard InChI is InChI=1S/C26H22N2O3/c29-23-21-5-1-2-6-22(21)26(31-23)13-15-28(17-26)24(30)25(11-12-25)20-9-7-18(8-10-20)19-4-3-14-27-16-19/h1-10,14,16H,11-13,15,17H2/t26-/m0/s1. The summed E-state index contributed by atoms with van der Waals surface area (Å²) in [7, 11) is 0. The summed E-state index contributed by atoms with van der Waals surface area (Å²) < 4.78 is 5.83. The quantitative estimate of drug-likeness (QED) is 0.611. The maximum absolute atomic E-state index is 13.6. The summed E-state index contributed by atoms with van der Waals surface area (Å²) in [5.41, 5.74) is 3.63. The van der Waals surface area contributed by atoms with Crippen molar-refractivity contribution in [2.45, 2.75) is 30.3 Å². The molecular formula is C26H22N2O3. The summed E-state index contributed by atoms with van der Waals surface area (Å²) in [5.74, 6) is -0.129. The number of hydrogen-bond acceptors (Lipinski definition) is 4. The number of rotatable bonds is 3. The zero-order valence-electron chi connectivity index (χ0n) is 17.1. The highest BCUT2D eigenvalue weighted by molar-refractivity contribution is 5.96. The number of amides is 1. The SMILES string of the molecule is O=C1O[C@]2(CCN(C(=O)C3(c4ccc(-c5cccnc5)cc4)CC3)C2)c2ccccc21. The Kier molecular flexibility index (Phi) is 3.85. The van der Waals surface area contributed by atoms with Crippen LogP contribution in [0.25, 0.3) is 11.1 Å². The largest absolute Gasteiger partial charge is 0.449 e. The molecule has 3 aromatic rings. The fourth-order valence-electron chi connectivity index (χ4n) is 5.17. The van der Waals surface area contributed by atoms with Crippen LogP contribution in [-0.2, 0) is 20.5 Å². The van der Waals surface area contributed by atoms with E-state index in [1.165, 1.54) is 0 Å². The fraction of sp³-hybridized carbons (Fsp3) is 0.269. The lowest BCUT2D eigenvalue weighted by Gasteiger charge is -2.27. The highest BCUT2D eigenvalue weighted by Gasteiger charge is 2.57. The van der Waals surface area contributed by atoms with Crippen molar-refractivity contribution in [2.24, 2.45) is 0 Å². The van der Waals surface area contributed by atoms with Crippen molar-refractivity contribution < 1.29 is 14.3 Å². The summed E-state index contributed by atoms with van der Waals surface area (Å²) in [6, 6.07) is 19.8. The van der Waals surface area contributed by atoms with Gasteiger partial charge >= 0.3 is 5.97 Å². The van der Waals surface area contributed by atoms with Gasteiger partial charge in [-0.25, -0.2) is 4.79 Å². The van der Waals surface area contributed by atoms with Gasteiger partial charge in [-0.1, -0.05) is 48.5 Å². The highest BCUT2D eigenvalue weighted by Crippen LogP contribution is 2.52. The van der Waals surface area contributed by atoms with Crippen LogP contribution in [0.5, 0.6) is 0 Å². The molecule has 0 N–H and O–H groups in total. The van der Waals surface area contributed by atoms with Crippen molar-refractivity contribution in [3.8, 4) is 11.1 Å². The lowest BCUT2D eigenvalue weighted by atomic mass is 9.91. The van der Waals surface area contributed by atoms with Gasteiger partial charge in [0.05, 0.1) is 17.5 Å². The number of fused-ring (bicyclic) bond motifs is 2. The van der Waals surface area contributed by atoms with E-state index in [1.807, 2.05) is 47.5 Å². The van der Waals surface area contributed by atoms with Gasteiger partial charge < -0.3 is 9.64 Å². The van der Waals surface area contributed by atoms with E-state index in [4.69, 9.17) is 4.74 Å². The van der Waals surface area contributed by atoms with Crippen LogP contribution in [0.1, 0.15) is 40.7 Å². The van der Waals surface area contributed by atoms with E-state index < -0.39 is 11.0 Å². The number of carbonyl (C=O) groups excluding carboxylic acids is 2. The van der Waals surface area contributed by atoms with Gasteiger partial charge in [-0.2, -0.15) is 0 Å². The molecule has 0 bridgehead atoms. The molecule has 1 saturated carbocycles. The van der Waals surface area contributed by atoms with Gasteiger partial charge in [-0.05, 0) is 41.7 Å². The Morgan fingerprint density at radius 1 is 0.935 bits per heavy atom. The van der Waals surface area contributed by atoms with Gasteiger partial charge in [0.15, 0.2) is 5.60 Å². The second-order valence-electron chi connectivity index (χ2n) is 8.81. The number of likely N-dealkylation sites (tertiary alicyclic amines) is 1. The molecule has 6 rings (SSSR count). The van der Waals surface area contributed by atoms with Gasteiger partial charge in [-0.15, -0.1) is 0 Å². The van der Waals surface area contributed by atoms with E-state index in [1.54, 1.807) is 6.20 Å². The first kappa shape index (κ1) is 18.3. The smallest absolute Gasteiger partial charge is 0.339 e. The number of hydrogen-bond donors (Lipinski definition) is 0. The third kappa shape index (κ3) is 2.73. The number of carbonyl (C=O) groups is 2. The molecule has 1 spiro atoms. The minimum atomic E-state index is -0.691. The molecular weight excluding hydrogens is 388 g/mol. The number of esters is 1. The van der Waals surface area contributed by atoms with Crippen molar-refractivity contribution in [1.29, 1.82) is 0 Å². The average Bonchev–Trinajstić information content (AvgIpc) is 3.46. The summed E-state index contributed by atoms with van der Waals surface area (Å²) in [4.78, 5) is 32.0. The van der Waals surface area contributed by atoms with Crippen molar-refractivity contribution >= 4 is 11.9 Å². The Morgan fingerprint density at radius 3 is 2.48 bits per heavy atom. The molecule has 0 unspecified atom stereocenters. The lowest BCUT2D eigenvalue weighted by Crippen LogP contribution is -2.40. The maximum Gasteiger partial charge on any atom is 0.339 e. The van der Waals surface area contributed by atoms with E-state index in [0.29, 0.717) is 25.1 Å². The van der Waals surface area contributed by atoms with Gasteiger partial charge in [-0.3, -0.25) is 9.78 Å². The van der Waals surface area contributed by atoms with Gasteiger partial charge in [0.1, 0.15) is 0 Å². The van der Waals surface area contributed by atoms with E-state index in [0.717, 1.165) is 35.1 Å². The lowest BCUT2D eigenvalue weighted by molar-refractivity contribution is -0.134. The Labute approximate surface area is 180 Å². The molecule has 1 atom stereocenters. The van der Waals surface area contributed by atoms with Crippen molar-refractivity contribution in [2.75, 3.05) is 13.1 Å². The first-order valence-electron chi connectivity index (χ1n) is 10.7. The molecule has 154 valence electrons. The Hall–Kier alpha value is -3.47. The van der Waals surface area contributed by atoms with Crippen LogP contribution in [0.3, 0.4) is 0 Å². The predicted octanol–water partition coefficient (Wildman–Crippen LogP) is 4.08. The summed E-state index contributed by atoms with van der Waals surface area (Å²) >= 11 is 0. The van der Waals surface area contributed by atoms with E-state index >= 15 is 0 Å². The maximum atomic E-state index is 13.6. The van der Waals surface area contributed by atoms with Crippen molar-refractivity contribution in [1.82, 2.24) is 9.88 Å². The molecule has 5 heteroatoms. The number of nitrogens with zero attached hydrogens (tertiary/aromatic N) is 2. The molecule has 31 heavy (non-hydrogen) atoms. The number of aromatic nitrogens is 1. The zero-order chi connectivity index (χ0) is 21.1. The van der Waals surface area contributed by atoms with Crippen LogP contribution in [0.2, 0.25) is 0 Å². The topological polar surface area (TPSA) is 59.5 Å². The van der Waals surface area contributed by atoms with Crippen LogP contribution < -0.4 is 0 Å². The van der Waals surface area contributed by atoms with Crippen LogP contribution in [-0.4, -0.2) is 34.8 Å². The first-order chi connectivity index (χ1) is 15.1. The second-order valence-corrected chi connectivity index (χ2v) is 8.81. The van der Waals surface area contributed by atoms with E-state index in [-0.39, 0.29) is 11.9 Å². The molecule has 1 aliphatic carbocycles. The highest BCUT2D eigenvalue weighted by atomic mass is 16.6. The van der Waals surface area contributed by atoms with E-state index in [9.17, 15) is 9.59 Å². The molecule has 3 heterocycles. The van der Waals surface area contributed by atoms with Crippen LogP contribution in [0, 0.1) is 0 Å². The molecule has 1 aromatic heterocycles. The molecule has 1 amide bonds. The fourth-order valence-corrected chi connectivity index (χ4v) is 5.17. The molecule has 2 aliphatic heterocycles. The Bertz CT molecular complexity index is 1180. The molecule has 5 nitrogen and oxygen atoms in total. The summed E-state index contributed by atoms with van der Waals surface area (Å²) in [5, 5.41) is 0. The summed E-state index contributed by atoms with van der Waals surface area (Å²) in [6.45, 7) is 1.04. The Balaban J connectivity index is 1.25. The number of benzene rings is 2. The Morgan fingerprint density at radius 2 is 1.74 bits per heavy atom. The third-order valence-corrected chi connectivity index (χ3v) is 7.04. The van der Waals surface area contributed by atoms with E-state index in [2.05, 4.69) is 29.2 Å². The van der Waals surface area contributed by atoms with Crippen molar-refractivity contribution in [3.05, 3.63) is 89.7 Å². The molecule has 2 aromatic carbocycles. The van der Waals surface area contributed by atoms with Gasteiger partial charge in [0.25, 0.3) is 0 Å². The first-order valence-corrected chi connectivity index (χ1v) is 10.7. The van der Waals surface area contributed by atoms with Crippen LogP contribution in [0.4, 0.5) is 0 Å². The molecule has 0 radical (unpaired) electrons. The third-order valence-electron chi connectivity index (χ3n) is 7.04. The molecule has 2 fully saturated rings. The zero-order valence-corrected chi connectivity index (χ0v) is 17.1. The number of pyridine rings is 1. The second kappa shape index (κ2) is 6.51. The van der Waals surface area contributed by atoms with Crippen LogP contribution in [0.15, 0.2) is 73.1 Å².